The zero-order valence-corrected chi connectivity index (χ0v) is 13.9. The number of hydrogen-bond acceptors (Lipinski definition) is 2. The second kappa shape index (κ2) is 6.50. The van der Waals surface area contributed by atoms with Crippen molar-refractivity contribution in [1.82, 2.24) is 0 Å². The summed E-state index contributed by atoms with van der Waals surface area (Å²) in [7, 11) is 0. The fourth-order valence-corrected chi connectivity index (χ4v) is 4.26. The smallest absolute Gasteiger partial charge is 0.191 e. The van der Waals surface area contributed by atoms with Gasteiger partial charge in [0.2, 0.25) is 0 Å². The average Bonchev–Trinajstić information content (AvgIpc) is 2.65. The summed E-state index contributed by atoms with van der Waals surface area (Å²) in [4.78, 5) is 14.2. The predicted octanol–water partition coefficient (Wildman–Crippen LogP) is 5.80. The summed E-state index contributed by atoms with van der Waals surface area (Å²) in [6.07, 6.45) is 2.03. The zero-order chi connectivity index (χ0) is 16.4. The van der Waals surface area contributed by atoms with Gasteiger partial charge in [0.25, 0.3) is 0 Å². The van der Waals surface area contributed by atoms with Gasteiger partial charge in [0.05, 0.1) is 5.25 Å². The van der Waals surface area contributed by atoms with E-state index >= 15 is 0 Å². The SMILES string of the molecule is O=C1/C(=C\c2ccccc2)C(c2ccccc2)Sc2ccccc21. The van der Waals surface area contributed by atoms with Crippen molar-refractivity contribution >= 4 is 23.6 Å². The van der Waals surface area contributed by atoms with Crippen LogP contribution in [0.15, 0.2) is 95.4 Å². The van der Waals surface area contributed by atoms with E-state index in [2.05, 4.69) is 12.1 Å². The number of benzene rings is 3. The first-order valence-corrected chi connectivity index (χ1v) is 8.83. The van der Waals surface area contributed by atoms with Crippen molar-refractivity contribution in [2.75, 3.05) is 0 Å². The van der Waals surface area contributed by atoms with Crippen LogP contribution >= 0.6 is 11.8 Å². The van der Waals surface area contributed by atoms with Gasteiger partial charge < -0.3 is 0 Å². The number of thioether (sulfide) groups is 1. The third-order valence-corrected chi connectivity index (χ3v) is 5.52. The quantitative estimate of drug-likeness (QED) is 0.553. The van der Waals surface area contributed by atoms with Gasteiger partial charge >= 0.3 is 0 Å². The van der Waals surface area contributed by atoms with Gasteiger partial charge in [0.15, 0.2) is 5.78 Å². The highest BCUT2D eigenvalue weighted by Crippen LogP contribution is 2.47. The molecule has 0 saturated carbocycles. The summed E-state index contributed by atoms with van der Waals surface area (Å²) in [6, 6.07) is 28.2. The molecule has 116 valence electrons. The van der Waals surface area contributed by atoms with E-state index in [1.165, 1.54) is 0 Å². The number of Topliss-reactive ketones (excluding diaryl/α,β-unsaturated/α-hetero) is 1. The summed E-state index contributed by atoms with van der Waals surface area (Å²) < 4.78 is 0. The van der Waals surface area contributed by atoms with Gasteiger partial charge in [-0.25, -0.2) is 0 Å². The maximum atomic E-state index is 13.1. The van der Waals surface area contributed by atoms with Crippen molar-refractivity contribution in [2.45, 2.75) is 10.1 Å². The van der Waals surface area contributed by atoms with Crippen molar-refractivity contribution < 1.29 is 4.79 Å². The van der Waals surface area contributed by atoms with E-state index < -0.39 is 0 Å². The Morgan fingerprint density at radius 2 is 1.38 bits per heavy atom. The van der Waals surface area contributed by atoms with E-state index in [0.717, 1.165) is 27.2 Å². The molecule has 2 heteroatoms. The van der Waals surface area contributed by atoms with Crippen LogP contribution < -0.4 is 0 Å². The van der Waals surface area contributed by atoms with Crippen molar-refractivity contribution in [1.29, 1.82) is 0 Å². The lowest BCUT2D eigenvalue weighted by Gasteiger charge is -2.26. The molecule has 0 N–H and O–H groups in total. The normalized spacial score (nSPS) is 18.4. The Kier molecular flexibility index (Phi) is 4.06. The summed E-state index contributed by atoms with van der Waals surface area (Å²) in [6.45, 7) is 0. The van der Waals surface area contributed by atoms with Crippen LogP contribution in [0.1, 0.15) is 26.7 Å². The monoisotopic (exact) mass is 328 g/mol. The van der Waals surface area contributed by atoms with E-state index in [4.69, 9.17) is 0 Å². The van der Waals surface area contributed by atoms with Crippen LogP contribution in [0, 0.1) is 0 Å². The first-order chi connectivity index (χ1) is 11.8. The Hall–Kier alpha value is -2.58. The van der Waals surface area contributed by atoms with Crippen molar-refractivity contribution in [3.8, 4) is 0 Å². The molecule has 0 bridgehead atoms. The Morgan fingerprint density at radius 1 is 0.750 bits per heavy atom. The molecular formula is C22H16OS. The van der Waals surface area contributed by atoms with Crippen molar-refractivity contribution in [3.63, 3.8) is 0 Å². The molecule has 0 saturated heterocycles. The van der Waals surface area contributed by atoms with Crippen LogP contribution in [0.3, 0.4) is 0 Å². The molecule has 1 aliphatic rings. The fraction of sp³-hybridized carbons (Fsp3) is 0.0455. The molecule has 4 rings (SSSR count). The van der Waals surface area contributed by atoms with Gasteiger partial charge in [-0.2, -0.15) is 0 Å². The minimum Gasteiger partial charge on any atom is -0.289 e. The van der Waals surface area contributed by atoms with E-state index in [1.54, 1.807) is 11.8 Å². The molecule has 0 aromatic heterocycles. The molecular weight excluding hydrogens is 312 g/mol. The lowest BCUT2D eigenvalue weighted by molar-refractivity contribution is 0.102. The number of carbonyl (C=O) groups excluding carboxylic acids is 1. The highest BCUT2D eigenvalue weighted by Gasteiger charge is 2.31. The molecule has 3 aromatic carbocycles. The van der Waals surface area contributed by atoms with Crippen LogP contribution in [-0.2, 0) is 0 Å². The van der Waals surface area contributed by atoms with Gasteiger partial charge in [-0.3, -0.25) is 4.79 Å². The first kappa shape index (κ1) is 15.0. The molecule has 0 spiro atoms. The highest BCUT2D eigenvalue weighted by molar-refractivity contribution is 8.00. The van der Waals surface area contributed by atoms with Gasteiger partial charge in [-0.05, 0) is 29.3 Å². The van der Waals surface area contributed by atoms with E-state index in [0.29, 0.717) is 0 Å². The number of carbonyl (C=O) groups is 1. The molecule has 24 heavy (non-hydrogen) atoms. The Morgan fingerprint density at radius 3 is 2.12 bits per heavy atom. The summed E-state index contributed by atoms with van der Waals surface area (Å²) in [5.41, 5.74) is 3.86. The van der Waals surface area contributed by atoms with Crippen LogP contribution in [-0.4, -0.2) is 5.78 Å². The molecule has 1 unspecified atom stereocenters. The molecule has 1 heterocycles. The molecule has 0 fully saturated rings. The van der Waals surface area contributed by atoms with Crippen molar-refractivity contribution in [2.24, 2.45) is 0 Å². The Labute approximate surface area is 146 Å². The third-order valence-electron chi connectivity index (χ3n) is 4.15. The summed E-state index contributed by atoms with van der Waals surface area (Å²) in [5.74, 6) is 0.127. The number of hydrogen-bond donors (Lipinski definition) is 0. The molecule has 1 aliphatic heterocycles. The molecule has 0 radical (unpaired) electrons. The van der Waals surface area contributed by atoms with E-state index in [-0.39, 0.29) is 11.0 Å². The van der Waals surface area contributed by atoms with Crippen LogP contribution in [0.5, 0.6) is 0 Å². The molecule has 1 nitrogen and oxygen atoms in total. The van der Waals surface area contributed by atoms with Gasteiger partial charge in [-0.1, -0.05) is 72.8 Å². The number of rotatable bonds is 2. The maximum absolute atomic E-state index is 13.1. The summed E-state index contributed by atoms with van der Waals surface area (Å²) >= 11 is 1.75. The van der Waals surface area contributed by atoms with Gasteiger partial charge in [0, 0.05) is 16.0 Å². The topological polar surface area (TPSA) is 17.1 Å². The number of fused-ring (bicyclic) bond motifs is 1. The second-order valence-corrected chi connectivity index (χ2v) is 6.89. The minimum atomic E-state index is 0.0220. The fourth-order valence-electron chi connectivity index (χ4n) is 2.97. The average molecular weight is 328 g/mol. The highest BCUT2D eigenvalue weighted by atomic mass is 32.2. The van der Waals surface area contributed by atoms with Gasteiger partial charge in [-0.15, -0.1) is 11.8 Å². The molecule has 1 atom stereocenters. The minimum absolute atomic E-state index is 0.0220. The third kappa shape index (κ3) is 2.81. The van der Waals surface area contributed by atoms with E-state index in [1.807, 2.05) is 78.9 Å². The van der Waals surface area contributed by atoms with Crippen LogP contribution in [0.2, 0.25) is 0 Å². The lowest BCUT2D eigenvalue weighted by Crippen LogP contribution is -2.16. The largest absolute Gasteiger partial charge is 0.289 e. The zero-order valence-electron chi connectivity index (χ0n) is 13.1. The lowest BCUT2D eigenvalue weighted by atomic mass is 9.94. The maximum Gasteiger partial charge on any atom is 0.191 e. The Bertz CT molecular complexity index is 898. The predicted molar refractivity (Wildman–Crippen MR) is 100 cm³/mol. The molecule has 0 aliphatic carbocycles. The molecule has 0 amide bonds. The second-order valence-electron chi connectivity index (χ2n) is 5.74. The van der Waals surface area contributed by atoms with Crippen LogP contribution in [0.4, 0.5) is 0 Å². The van der Waals surface area contributed by atoms with E-state index in [9.17, 15) is 4.79 Å². The van der Waals surface area contributed by atoms with Crippen molar-refractivity contribution in [3.05, 3.63) is 107 Å². The first-order valence-electron chi connectivity index (χ1n) is 7.95. The summed E-state index contributed by atoms with van der Waals surface area (Å²) in [5, 5.41) is 0.0220. The van der Waals surface area contributed by atoms with Gasteiger partial charge in [0.1, 0.15) is 0 Å². The van der Waals surface area contributed by atoms with Crippen LogP contribution in [0.25, 0.3) is 6.08 Å². The number of ketones is 1. The standard InChI is InChI=1S/C22H16OS/c23-21-18-13-7-8-14-20(18)24-22(17-11-5-2-6-12-17)19(21)15-16-9-3-1-4-10-16/h1-15,22H/b19-15+. The Balaban J connectivity index is 1.87. The molecule has 3 aromatic rings.